The molecule has 3 aromatic rings. The van der Waals surface area contributed by atoms with Crippen LogP contribution in [0.2, 0.25) is 0 Å². The molecule has 0 bridgehead atoms. The summed E-state index contributed by atoms with van der Waals surface area (Å²) in [5.41, 5.74) is 2.42. The van der Waals surface area contributed by atoms with Gasteiger partial charge in [0.15, 0.2) is 0 Å². The fraction of sp³-hybridized carbons (Fsp3) is 0.190. The summed E-state index contributed by atoms with van der Waals surface area (Å²) >= 11 is 0. The molecule has 6 heteroatoms. The summed E-state index contributed by atoms with van der Waals surface area (Å²) in [6.45, 7) is 1.85. The van der Waals surface area contributed by atoms with E-state index in [1.165, 1.54) is 6.20 Å². The normalized spacial score (nSPS) is 13.4. The second-order valence-electron chi connectivity index (χ2n) is 6.82. The Labute approximate surface area is 155 Å². The van der Waals surface area contributed by atoms with Crippen LogP contribution in [0.1, 0.15) is 28.8 Å². The smallest absolute Gasteiger partial charge is 0.261 e. The molecule has 0 radical (unpaired) electrons. The molecule has 6 nitrogen and oxygen atoms in total. The van der Waals surface area contributed by atoms with Crippen molar-refractivity contribution >= 4 is 34.1 Å². The van der Waals surface area contributed by atoms with Gasteiger partial charge in [-0.15, -0.1) is 0 Å². The highest BCUT2D eigenvalue weighted by Gasteiger charge is 2.29. The molecule has 4 rings (SSSR count). The number of nitrogens with one attached hydrogen (secondary N) is 3. The Kier molecular flexibility index (Phi) is 4.24. The Balaban J connectivity index is 1.60. The fourth-order valence-electron chi connectivity index (χ4n) is 2.95. The Morgan fingerprint density at radius 3 is 2.63 bits per heavy atom. The monoisotopic (exact) mass is 361 g/mol. The largest absolute Gasteiger partial charge is 0.360 e. The van der Waals surface area contributed by atoms with E-state index in [9.17, 15) is 14.4 Å². The van der Waals surface area contributed by atoms with Crippen LogP contribution in [0.4, 0.5) is 11.4 Å². The number of rotatable bonds is 4. The van der Waals surface area contributed by atoms with Gasteiger partial charge in [-0.25, -0.2) is 0 Å². The number of benzene rings is 2. The van der Waals surface area contributed by atoms with Crippen molar-refractivity contribution in [2.75, 3.05) is 10.6 Å². The van der Waals surface area contributed by atoms with E-state index >= 15 is 0 Å². The molecule has 1 aliphatic carbocycles. The summed E-state index contributed by atoms with van der Waals surface area (Å²) in [6, 6.07) is 12.4. The summed E-state index contributed by atoms with van der Waals surface area (Å²) in [7, 11) is 0. The quantitative estimate of drug-likeness (QED) is 0.665. The molecule has 1 saturated carbocycles. The van der Waals surface area contributed by atoms with E-state index < -0.39 is 5.91 Å². The number of hydrogen-bond acceptors (Lipinski definition) is 3. The van der Waals surface area contributed by atoms with Crippen molar-refractivity contribution in [3.63, 3.8) is 0 Å². The minimum absolute atomic E-state index is 0.00195. The number of hydrogen-bond donors (Lipinski definition) is 3. The molecule has 1 heterocycles. The van der Waals surface area contributed by atoms with E-state index in [0.717, 1.165) is 18.4 Å². The van der Waals surface area contributed by atoms with E-state index in [0.29, 0.717) is 22.3 Å². The molecule has 2 aromatic carbocycles. The minimum atomic E-state index is -0.490. The van der Waals surface area contributed by atoms with E-state index in [1.807, 2.05) is 19.1 Å². The van der Waals surface area contributed by atoms with Crippen LogP contribution in [-0.4, -0.2) is 16.8 Å². The lowest BCUT2D eigenvalue weighted by molar-refractivity contribution is -0.117. The van der Waals surface area contributed by atoms with Crippen molar-refractivity contribution < 1.29 is 9.59 Å². The molecule has 0 saturated heterocycles. The lowest BCUT2D eigenvalue weighted by Crippen LogP contribution is -2.22. The lowest BCUT2D eigenvalue weighted by atomic mass is 10.1. The Morgan fingerprint density at radius 1 is 1.07 bits per heavy atom. The van der Waals surface area contributed by atoms with Crippen molar-refractivity contribution in [3.05, 3.63) is 70.0 Å². The summed E-state index contributed by atoms with van der Waals surface area (Å²) in [4.78, 5) is 40.2. The predicted octanol–water partition coefficient (Wildman–Crippen LogP) is 3.44. The summed E-state index contributed by atoms with van der Waals surface area (Å²) in [6.07, 6.45) is 3.27. The molecule has 0 spiro atoms. The molecule has 0 unspecified atom stereocenters. The van der Waals surface area contributed by atoms with Crippen LogP contribution in [0.15, 0.2) is 53.5 Å². The number of carbonyl (C=O) groups is 2. The summed E-state index contributed by atoms with van der Waals surface area (Å²) in [5.74, 6) is -0.390. The third-order valence-electron chi connectivity index (χ3n) is 4.73. The highest BCUT2D eigenvalue weighted by molar-refractivity contribution is 6.06. The Hall–Kier alpha value is -3.41. The number of anilines is 2. The van der Waals surface area contributed by atoms with Crippen LogP contribution < -0.4 is 16.1 Å². The summed E-state index contributed by atoms with van der Waals surface area (Å²) in [5, 5.41) is 6.11. The molecule has 27 heavy (non-hydrogen) atoms. The van der Waals surface area contributed by atoms with Crippen molar-refractivity contribution in [1.29, 1.82) is 0 Å². The second kappa shape index (κ2) is 6.72. The van der Waals surface area contributed by atoms with Gasteiger partial charge < -0.3 is 15.6 Å². The maximum Gasteiger partial charge on any atom is 0.261 e. The SMILES string of the molecule is Cc1ccc(NC(=O)C2CC2)cc1NC(=O)c1c[nH]c2ccccc2c1=O. The van der Waals surface area contributed by atoms with Gasteiger partial charge in [-0.3, -0.25) is 14.4 Å². The number of aromatic nitrogens is 1. The number of aryl methyl sites for hydroxylation is 1. The van der Waals surface area contributed by atoms with Gasteiger partial charge in [-0.1, -0.05) is 18.2 Å². The van der Waals surface area contributed by atoms with Gasteiger partial charge in [0.2, 0.25) is 11.3 Å². The first-order chi connectivity index (χ1) is 13.0. The molecule has 3 N–H and O–H groups in total. The molecule has 1 aliphatic rings. The van der Waals surface area contributed by atoms with Gasteiger partial charge in [0.25, 0.3) is 5.91 Å². The van der Waals surface area contributed by atoms with E-state index in [-0.39, 0.29) is 22.8 Å². The van der Waals surface area contributed by atoms with E-state index in [4.69, 9.17) is 0 Å². The highest BCUT2D eigenvalue weighted by Crippen LogP contribution is 2.30. The molecule has 1 fully saturated rings. The molecule has 136 valence electrons. The van der Waals surface area contributed by atoms with Crippen LogP contribution in [-0.2, 0) is 4.79 Å². The molecule has 2 amide bonds. The lowest BCUT2D eigenvalue weighted by Gasteiger charge is -2.12. The van der Waals surface area contributed by atoms with Crippen LogP contribution in [0.25, 0.3) is 10.9 Å². The molecule has 0 aliphatic heterocycles. The summed E-state index contributed by atoms with van der Waals surface area (Å²) < 4.78 is 0. The number of carbonyl (C=O) groups excluding carboxylic acids is 2. The average molecular weight is 361 g/mol. The molecular weight excluding hydrogens is 342 g/mol. The number of amides is 2. The number of aromatic amines is 1. The van der Waals surface area contributed by atoms with Crippen molar-refractivity contribution in [2.24, 2.45) is 5.92 Å². The Bertz CT molecular complexity index is 1110. The standard InChI is InChI=1S/C21H19N3O3/c1-12-6-9-14(23-20(26)13-7-8-13)10-18(12)24-21(27)16-11-22-17-5-3-2-4-15(17)19(16)25/h2-6,9-11,13H,7-8H2,1H3,(H,22,25)(H,23,26)(H,24,27). The number of para-hydroxylation sites is 1. The molecule has 1 aromatic heterocycles. The van der Waals surface area contributed by atoms with Crippen molar-refractivity contribution in [2.45, 2.75) is 19.8 Å². The first-order valence-corrected chi connectivity index (χ1v) is 8.86. The zero-order valence-electron chi connectivity index (χ0n) is 14.8. The maximum atomic E-state index is 12.7. The van der Waals surface area contributed by atoms with E-state index in [1.54, 1.807) is 30.3 Å². The van der Waals surface area contributed by atoms with Crippen molar-refractivity contribution in [1.82, 2.24) is 4.98 Å². The number of pyridine rings is 1. The highest BCUT2D eigenvalue weighted by atomic mass is 16.2. The van der Waals surface area contributed by atoms with Crippen LogP contribution in [0.3, 0.4) is 0 Å². The van der Waals surface area contributed by atoms with Crippen LogP contribution in [0, 0.1) is 12.8 Å². The number of fused-ring (bicyclic) bond motifs is 1. The Morgan fingerprint density at radius 2 is 1.85 bits per heavy atom. The van der Waals surface area contributed by atoms with Gasteiger partial charge in [0.1, 0.15) is 5.56 Å². The number of H-pyrrole nitrogens is 1. The third-order valence-corrected chi connectivity index (χ3v) is 4.73. The predicted molar refractivity (Wildman–Crippen MR) is 105 cm³/mol. The average Bonchev–Trinajstić information content (AvgIpc) is 3.50. The van der Waals surface area contributed by atoms with Crippen LogP contribution in [0.5, 0.6) is 0 Å². The van der Waals surface area contributed by atoms with Gasteiger partial charge in [-0.2, -0.15) is 0 Å². The second-order valence-corrected chi connectivity index (χ2v) is 6.82. The van der Waals surface area contributed by atoms with E-state index in [2.05, 4.69) is 15.6 Å². The van der Waals surface area contributed by atoms with Crippen LogP contribution >= 0.6 is 0 Å². The fourth-order valence-corrected chi connectivity index (χ4v) is 2.95. The topological polar surface area (TPSA) is 91.1 Å². The molecular formula is C21H19N3O3. The van der Waals surface area contributed by atoms with Crippen molar-refractivity contribution in [3.8, 4) is 0 Å². The first-order valence-electron chi connectivity index (χ1n) is 8.86. The third kappa shape index (κ3) is 3.46. The minimum Gasteiger partial charge on any atom is -0.360 e. The van der Waals surface area contributed by atoms with Gasteiger partial charge in [0, 0.05) is 34.4 Å². The maximum absolute atomic E-state index is 12.7. The van der Waals surface area contributed by atoms with Gasteiger partial charge >= 0.3 is 0 Å². The van der Waals surface area contributed by atoms with Gasteiger partial charge in [0.05, 0.1) is 0 Å². The first kappa shape index (κ1) is 17.0. The molecule has 0 atom stereocenters. The van der Waals surface area contributed by atoms with Gasteiger partial charge in [-0.05, 0) is 49.6 Å². The zero-order valence-corrected chi connectivity index (χ0v) is 14.8. The zero-order chi connectivity index (χ0) is 19.0.